The molecule has 0 unspecified atom stereocenters. The zero-order valence-electron chi connectivity index (χ0n) is 22.4. The quantitative estimate of drug-likeness (QED) is 0.348. The molecule has 0 aliphatic carbocycles. The van der Waals surface area contributed by atoms with Gasteiger partial charge >= 0.3 is 0 Å². The van der Waals surface area contributed by atoms with Crippen LogP contribution >= 0.6 is 0 Å². The highest BCUT2D eigenvalue weighted by Gasteiger charge is 2.31. The van der Waals surface area contributed by atoms with E-state index in [9.17, 15) is 14.4 Å². The number of anilines is 1. The maximum Gasteiger partial charge on any atom is 0.252 e. The van der Waals surface area contributed by atoms with Gasteiger partial charge in [0.15, 0.2) is 6.04 Å². The first-order valence-electron chi connectivity index (χ1n) is 13.1. The number of nitrogens with two attached hydrogens (primary N) is 1. The summed E-state index contributed by atoms with van der Waals surface area (Å²) in [6.07, 6.45) is 5.07. The number of hydrogen-bond donors (Lipinski definition) is 3. The lowest BCUT2D eigenvalue weighted by atomic mass is 10.1. The van der Waals surface area contributed by atoms with E-state index in [2.05, 4.69) is 15.7 Å². The lowest BCUT2D eigenvalue weighted by Crippen LogP contribution is -2.56. The number of benzene rings is 2. The van der Waals surface area contributed by atoms with Gasteiger partial charge in [0.1, 0.15) is 6.04 Å². The fourth-order valence-electron chi connectivity index (χ4n) is 4.32. The third-order valence-corrected chi connectivity index (χ3v) is 6.50. The number of nitrogens with one attached hydrogen (secondary N) is 2. The smallest absolute Gasteiger partial charge is 0.252 e. The predicted molar refractivity (Wildman–Crippen MR) is 148 cm³/mol. The molecule has 0 radical (unpaired) electrons. The Morgan fingerprint density at radius 2 is 1.67 bits per heavy atom. The minimum Gasteiger partial charge on any atom is -0.374 e. The molecule has 10 nitrogen and oxygen atoms in total. The van der Waals surface area contributed by atoms with Crippen LogP contribution in [0.15, 0.2) is 73.1 Å². The van der Waals surface area contributed by atoms with Gasteiger partial charge in [0, 0.05) is 19.3 Å². The van der Waals surface area contributed by atoms with Crippen molar-refractivity contribution in [2.75, 3.05) is 25.0 Å². The number of carbonyl (C=O) groups is 3. The van der Waals surface area contributed by atoms with Crippen molar-refractivity contribution in [3.05, 3.63) is 84.2 Å². The van der Waals surface area contributed by atoms with Gasteiger partial charge in [-0.25, -0.2) is 0 Å². The maximum absolute atomic E-state index is 13.4. The number of likely N-dealkylation sites (tertiary alicyclic amines) is 1. The number of nitrogens with zero attached hydrogens (tertiary/aromatic N) is 3. The Morgan fingerprint density at radius 3 is 2.31 bits per heavy atom. The molecule has 3 aromatic rings. The first kappa shape index (κ1) is 28.0. The highest BCUT2D eigenvalue weighted by Crippen LogP contribution is 2.24. The summed E-state index contributed by atoms with van der Waals surface area (Å²) < 4.78 is 7.32. The second-order valence-electron chi connectivity index (χ2n) is 10.3. The summed E-state index contributed by atoms with van der Waals surface area (Å²) in [7, 11) is 0. The van der Waals surface area contributed by atoms with Gasteiger partial charge in [-0.15, -0.1) is 0 Å². The standard InChI is InChI=1S/C29H36N6O4/c1-29(2,30)28(38)33-24(20-39-19-21-11-5-3-6-12-21)26(36)32-23-17-31-35(18-23)25(22-13-7-4-8-14-22)27(37)34-15-9-10-16-34/h3-8,11-14,17-18,24-25H,9-10,15-16,19-20,30H2,1-2H3,(H,32,36)(H,33,38)/t24-,25+/m1/s1. The molecule has 206 valence electrons. The molecular formula is C29H36N6O4. The molecule has 0 saturated carbocycles. The van der Waals surface area contributed by atoms with Crippen molar-refractivity contribution in [2.24, 2.45) is 5.73 Å². The van der Waals surface area contributed by atoms with Crippen LogP contribution in [0.2, 0.25) is 0 Å². The van der Waals surface area contributed by atoms with E-state index >= 15 is 0 Å². The summed E-state index contributed by atoms with van der Waals surface area (Å²) in [5.41, 5.74) is 6.90. The van der Waals surface area contributed by atoms with Crippen LogP contribution in [-0.4, -0.2) is 63.7 Å². The molecule has 1 saturated heterocycles. The Balaban J connectivity index is 1.48. The predicted octanol–water partition coefficient (Wildman–Crippen LogP) is 2.47. The normalized spacial score (nSPS) is 15.0. The zero-order chi connectivity index (χ0) is 27.8. The summed E-state index contributed by atoms with van der Waals surface area (Å²) in [6.45, 7) is 4.78. The lowest BCUT2D eigenvalue weighted by molar-refractivity contribution is -0.132. The van der Waals surface area contributed by atoms with Gasteiger partial charge in [-0.3, -0.25) is 19.1 Å². The van der Waals surface area contributed by atoms with Crippen molar-refractivity contribution >= 4 is 23.4 Å². The Morgan fingerprint density at radius 1 is 1.03 bits per heavy atom. The number of aromatic nitrogens is 2. The van der Waals surface area contributed by atoms with E-state index in [1.807, 2.05) is 65.6 Å². The second-order valence-corrected chi connectivity index (χ2v) is 10.3. The van der Waals surface area contributed by atoms with Gasteiger partial charge in [-0.1, -0.05) is 60.7 Å². The van der Waals surface area contributed by atoms with Gasteiger partial charge in [0.2, 0.25) is 11.8 Å². The van der Waals surface area contributed by atoms with E-state index in [1.165, 1.54) is 6.20 Å². The molecule has 10 heteroatoms. The monoisotopic (exact) mass is 532 g/mol. The SMILES string of the molecule is CC(C)(N)C(=O)N[C@H](COCc1ccccc1)C(=O)Nc1cnn([C@H](C(=O)N2CCCC2)c2ccccc2)c1. The largest absolute Gasteiger partial charge is 0.374 e. The molecule has 0 spiro atoms. The molecule has 1 fully saturated rings. The molecule has 2 heterocycles. The van der Waals surface area contributed by atoms with E-state index in [1.54, 1.807) is 24.7 Å². The summed E-state index contributed by atoms with van der Waals surface area (Å²) in [5, 5.41) is 9.90. The lowest BCUT2D eigenvalue weighted by Gasteiger charge is -2.24. The molecule has 2 atom stereocenters. The summed E-state index contributed by atoms with van der Waals surface area (Å²) >= 11 is 0. The highest BCUT2D eigenvalue weighted by molar-refractivity contribution is 5.98. The van der Waals surface area contributed by atoms with Crippen LogP contribution in [0.3, 0.4) is 0 Å². The van der Waals surface area contributed by atoms with E-state index in [0.29, 0.717) is 5.69 Å². The van der Waals surface area contributed by atoms with Crippen molar-refractivity contribution < 1.29 is 19.1 Å². The summed E-state index contributed by atoms with van der Waals surface area (Å²) in [6, 6.07) is 17.3. The van der Waals surface area contributed by atoms with Gasteiger partial charge in [-0.2, -0.15) is 5.10 Å². The first-order chi connectivity index (χ1) is 18.7. The third kappa shape index (κ3) is 7.52. The molecule has 3 amide bonds. The van der Waals surface area contributed by atoms with Gasteiger partial charge in [0.05, 0.1) is 30.6 Å². The van der Waals surface area contributed by atoms with Crippen LogP contribution < -0.4 is 16.4 Å². The van der Waals surface area contributed by atoms with Gasteiger partial charge in [-0.05, 0) is 37.8 Å². The van der Waals surface area contributed by atoms with Crippen LogP contribution in [0.5, 0.6) is 0 Å². The van der Waals surface area contributed by atoms with Crippen molar-refractivity contribution in [1.29, 1.82) is 0 Å². The topological polar surface area (TPSA) is 132 Å². The molecule has 1 aromatic heterocycles. The minimum atomic E-state index is -1.18. The Kier molecular flexibility index (Phi) is 9.11. The first-order valence-corrected chi connectivity index (χ1v) is 13.1. The number of amides is 3. The number of hydrogen-bond acceptors (Lipinski definition) is 6. The average Bonchev–Trinajstić information content (AvgIpc) is 3.62. The number of rotatable bonds is 11. The molecule has 4 rings (SSSR count). The van der Waals surface area contributed by atoms with Crippen LogP contribution in [0, 0.1) is 0 Å². The van der Waals surface area contributed by atoms with Crippen LogP contribution in [0.25, 0.3) is 0 Å². The van der Waals surface area contributed by atoms with Crippen LogP contribution in [-0.2, 0) is 25.7 Å². The molecule has 1 aliphatic rings. The summed E-state index contributed by atoms with van der Waals surface area (Å²) in [4.78, 5) is 41.1. The molecular weight excluding hydrogens is 496 g/mol. The fourth-order valence-corrected chi connectivity index (χ4v) is 4.32. The molecule has 4 N–H and O–H groups in total. The van der Waals surface area contributed by atoms with Crippen molar-refractivity contribution in [2.45, 2.75) is 50.9 Å². The van der Waals surface area contributed by atoms with Crippen molar-refractivity contribution in [3.8, 4) is 0 Å². The third-order valence-electron chi connectivity index (χ3n) is 6.50. The molecule has 2 aromatic carbocycles. The van der Waals surface area contributed by atoms with Crippen LogP contribution in [0.1, 0.15) is 43.9 Å². The molecule has 0 bridgehead atoms. The van der Waals surface area contributed by atoms with Crippen LogP contribution in [0.4, 0.5) is 5.69 Å². The minimum absolute atomic E-state index is 0.0377. The highest BCUT2D eigenvalue weighted by atomic mass is 16.5. The Bertz CT molecular complexity index is 1250. The van der Waals surface area contributed by atoms with E-state index in [0.717, 1.165) is 37.1 Å². The average molecular weight is 533 g/mol. The van der Waals surface area contributed by atoms with E-state index in [-0.39, 0.29) is 19.1 Å². The fraction of sp³-hybridized carbons (Fsp3) is 0.379. The second kappa shape index (κ2) is 12.7. The van der Waals surface area contributed by atoms with Gasteiger partial charge < -0.3 is 26.0 Å². The number of ether oxygens (including phenoxy) is 1. The van der Waals surface area contributed by atoms with Crippen molar-refractivity contribution in [3.63, 3.8) is 0 Å². The van der Waals surface area contributed by atoms with Gasteiger partial charge in [0.25, 0.3) is 5.91 Å². The molecule has 39 heavy (non-hydrogen) atoms. The molecule has 1 aliphatic heterocycles. The van der Waals surface area contributed by atoms with E-state index in [4.69, 9.17) is 10.5 Å². The van der Waals surface area contributed by atoms with E-state index < -0.39 is 29.4 Å². The zero-order valence-corrected chi connectivity index (χ0v) is 22.4. The Labute approximate surface area is 228 Å². The number of carbonyl (C=O) groups excluding carboxylic acids is 3. The Hall–Kier alpha value is -4.02. The maximum atomic E-state index is 13.4. The summed E-state index contributed by atoms with van der Waals surface area (Å²) in [5.74, 6) is -1.01. The van der Waals surface area contributed by atoms with Crippen molar-refractivity contribution in [1.82, 2.24) is 20.0 Å².